The Morgan fingerprint density at radius 1 is 0.842 bits per heavy atom. The average Bonchev–Trinajstić information content (AvgIpc) is 2.46. The summed E-state index contributed by atoms with van der Waals surface area (Å²) < 4.78 is 0. The smallest absolute Gasteiger partial charge is 0.0886 e. The Balaban J connectivity index is 2.17. The van der Waals surface area contributed by atoms with Gasteiger partial charge in [-0.05, 0) is 41.8 Å². The van der Waals surface area contributed by atoms with Crippen LogP contribution in [0.15, 0.2) is 52.7 Å². The van der Waals surface area contributed by atoms with Crippen LogP contribution < -0.4 is 11.5 Å². The van der Waals surface area contributed by atoms with Gasteiger partial charge < -0.3 is 11.5 Å². The van der Waals surface area contributed by atoms with Gasteiger partial charge in [-0.3, -0.25) is 0 Å². The summed E-state index contributed by atoms with van der Waals surface area (Å²) in [5, 5.41) is 8.48. The van der Waals surface area contributed by atoms with E-state index in [1.807, 2.05) is 49.4 Å². The van der Waals surface area contributed by atoms with Crippen molar-refractivity contribution in [2.75, 3.05) is 0 Å². The quantitative estimate of drug-likeness (QED) is 0.821. The van der Waals surface area contributed by atoms with Crippen LogP contribution in [0.5, 0.6) is 0 Å². The first-order valence-electron chi connectivity index (χ1n) is 6.23. The van der Waals surface area contributed by atoms with E-state index < -0.39 is 0 Å². The second-order valence-corrected chi connectivity index (χ2v) is 4.40. The van der Waals surface area contributed by atoms with Crippen LogP contribution in [0.25, 0.3) is 0 Å². The van der Waals surface area contributed by atoms with E-state index in [-0.39, 0.29) is 0 Å². The number of hydrogen-bond acceptors (Lipinski definition) is 4. The lowest BCUT2D eigenvalue weighted by Crippen LogP contribution is -1.95. The first-order valence-corrected chi connectivity index (χ1v) is 6.23. The van der Waals surface area contributed by atoms with Crippen molar-refractivity contribution in [2.24, 2.45) is 21.7 Å². The molecule has 2 aromatic carbocycles. The third-order valence-corrected chi connectivity index (χ3v) is 2.94. The highest BCUT2D eigenvalue weighted by atomic mass is 15.1. The van der Waals surface area contributed by atoms with Gasteiger partial charge >= 0.3 is 0 Å². The standard InChI is InChI=1S/C15H18N4/c1-11-8-13(10-17)4-7-15(11)19-18-14-5-2-12(9-16)3-6-14/h2-8H,9-10,16-17H2,1H3. The lowest BCUT2D eigenvalue weighted by Gasteiger charge is -2.02. The van der Waals surface area contributed by atoms with Gasteiger partial charge in [0.2, 0.25) is 0 Å². The van der Waals surface area contributed by atoms with Crippen molar-refractivity contribution < 1.29 is 0 Å². The Morgan fingerprint density at radius 3 is 2.05 bits per heavy atom. The highest BCUT2D eigenvalue weighted by Gasteiger charge is 1.98. The van der Waals surface area contributed by atoms with Crippen LogP contribution in [0.1, 0.15) is 16.7 Å². The fourth-order valence-corrected chi connectivity index (χ4v) is 1.77. The number of benzene rings is 2. The molecular formula is C15H18N4. The molecule has 0 heterocycles. The van der Waals surface area contributed by atoms with Crippen molar-refractivity contribution >= 4 is 11.4 Å². The summed E-state index contributed by atoms with van der Waals surface area (Å²) in [7, 11) is 0. The van der Waals surface area contributed by atoms with E-state index in [0.717, 1.165) is 28.1 Å². The van der Waals surface area contributed by atoms with E-state index in [2.05, 4.69) is 10.2 Å². The summed E-state index contributed by atoms with van der Waals surface area (Å²) in [4.78, 5) is 0. The minimum atomic E-state index is 0.539. The topological polar surface area (TPSA) is 76.8 Å². The van der Waals surface area contributed by atoms with Crippen LogP contribution in [0.3, 0.4) is 0 Å². The van der Waals surface area contributed by atoms with Crippen LogP contribution in [-0.2, 0) is 13.1 Å². The Bertz CT molecular complexity index is 573. The SMILES string of the molecule is Cc1cc(CN)ccc1N=Nc1ccc(CN)cc1. The molecule has 0 atom stereocenters. The molecule has 0 aromatic heterocycles. The van der Waals surface area contributed by atoms with E-state index in [9.17, 15) is 0 Å². The van der Waals surface area contributed by atoms with Crippen molar-refractivity contribution in [3.05, 3.63) is 59.2 Å². The Labute approximate surface area is 113 Å². The average molecular weight is 254 g/mol. The van der Waals surface area contributed by atoms with E-state index in [1.54, 1.807) is 0 Å². The lowest BCUT2D eigenvalue weighted by atomic mass is 10.1. The second kappa shape index (κ2) is 6.22. The Kier molecular flexibility index (Phi) is 4.39. The van der Waals surface area contributed by atoms with Gasteiger partial charge in [0.15, 0.2) is 0 Å². The number of rotatable bonds is 4. The summed E-state index contributed by atoms with van der Waals surface area (Å²) in [6.45, 7) is 3.08. The van der Waals surface area contributed by atoms with Gasteiger partial charge in [0.05, 0.1) is 11.4 Å². The van der Waals surface area contributed by atoms with Crippen molar-refractivity contribution in [2.45, 2.75) is 20.0 Å². The zero-order valence-corrected chi connectivity index (χ0v) is 11.0. The van der Waals surface area contributed by atoms with Crippen LogP contribution in [0, 0.1) is 6.92 Å². The summed E-state index contributed by atoms with van der Waals surface area (Å²) in [5.41, 5.74) is 16.1. The van der Waals surface area contributed by atoms with Crippen molar-refractivity contribution in [3.8, 4) is 0 Å². The lowest BCUT2D eigenvalue weighted by molar-refractivity contribution is 1.06. The van der Waals surface area contributed by atoms with Gasteiger partial charge in [0, 0.05) is 13.1 Å². The molecule has 0 aliphatic carbocycles. The predicted octanol–water partition coefficient (Wildman–Crippen LogP) is 3.33. The fourth-order valence-electron chi connectivity index (χ4n) is 1.77. The van der Waals surface area contributed by atoms with Gasteiger partial charge in [-0.2, -0.15) is 10.2 Å². The molecule has 98 valence electrons. The highest BCUT2D eigenvalue weighted by molar-refractivity contribution is 5.47. The molecule has 0 saturated carbocycles. The van der Waals surface area contributed by atoms with E-state index >= 15 is 0 Å². The second-order valence-electron chi connectivity index (χ2n) is 4.40. The third kappa shape index (κ3) is 3.47. The number of hydrogen-bond donors (Lipinski definition) is 2. The molecule has 4 nitrogen and oxygen atoms in total. The zero-order chi connectivity index (χ0) is 13.7. The van der Waals surface area contributed by atoms with Crippen molar-refractivity contribution in [3.63, 3.8) is 0 Å². The number of nitrogens with zero attached hydrogens (tertiary/aromatic N) is 2. The van der Waals surface area contributed by atoms with Crippen molar-refractivity contribution in [1.29, 1.82) is 0 Å². The molecular weight excluding hydrogens is 236 g/mol. The summed E-state index contributed by atoms with van der Waals surface area (Å²) in [6, 6.07) is 13.7. The molecule has 4 N–H and O–H groups in total. The summed E-state index contributed by atoms with van der Waals surface area (Å²) >= 11 is 0. The first-order chi connectivity index (χ1) is 9.22. The normalized spacial score (nSPS) is 11.1. The fraction of sp³-hybridized carbons (Fsp3) is 0.200. The van der Waals surface area contributed by atoms with E-state index in [0.29, 0.717) is 13.1 Å². The summed E-state index contributed by atoms with van der Waals surface area (Å²) in [5.74, 6) is 0. The molecule has 4 heteroatoms. The van der Waals surface area contributed by atoms with Gasteiger partial charge in [0.25, 0.3) is 0 Å². The maximum Gasteiger partial charge on any atom is 0.0886 e. The first kappa shape index (κ1) is 13.4. The van der Waals surface area contributed by atoms with Gasteiger partial charge in [-0.1, -0.05) is 24.3 Å². The minimum absolute atomic E-state index is 0.539. The minimum Gasteiger partial charge on any atom is -0.326 e. The monoisotopic (exact) mass is 254 g/mol. The van der Waals surface area contributed by atoms with Crippen molar-refractivity contribution in [1.82, 2.24) is 0 Å². The molecule has 0 saturated heterocycles. The van der Waals surface area contributed by atoms with E-state index in [4.69, 9.17) is 11.5 Å². The van der Waals surface area contributed by atoms with Crippen LogP contribution >= 0.6 is 0 Å². The molecule has 0 radical (unpaired) electrons. The number of nitrogens with two attached hydrogens (primary N) is 2. The molecule has 19 heavy (non-hydrogen) atoms. The van der Waals surface area contributed by atoms with Gasteiger partial charge in [0.1, 0.15) is 0 Å². The molecule has 0 unspecified atom stereocenters. The van der Waals surface area contributed by atoms with E-state index in [1.165, 1.54) is 0 Å². The molecule has 2 rings (SSSR count). The molecule has 0 bridgehead atoms. The molecule has 0 aliphatic rings. The number of azo groups is 1. The van der Waals surface area contributed by atoms with Crippen LogP contribution in [-0.4, -0.2) is 0 Å². The highest BCUT2D eigenvalue weighted by Crippen LogP contribution is 2.23. The Hall–Kier alpha value is -2.04. The number of aryl methyl sites for hydroxylation is 1. The predicted molar refractivity (Wildman–Crippen MR) is 77.6 cm³/mol. The molecule has 0 spiro atoms. The van der Waals surface area contributed by atoms with Crippen LogP contribution in [0.4, 0.5) is 11.4 Å². The molecule has 0 aliphatic heterocycles. The molecule has 0 amide bonds. The van der Waals surface area contributed by atoms with Gasteiger partial charge in [-0.25, -0.2) is 0 Å². The zero-order valence-electron chi connectivity index (χ0n) is 11.0. The maximum absolute atomic E-state index is 5.60. The largest absolute Gasteiger partial charge is 0.326 e. The summed E-state index contributed by atoms with van der Waals surface area (Å²) in [6.07, 6.45) is 0. The maximum atomic E-state index is 5.60. The van der Waals surface area contributed by atoms with Crippen LogP contribution in [0.2, 0.25) is 0 Å². The van der Waals surface area contributed by atoms with Gasteiger partial charge in [-0.15, -0.1) is 0 Å². The Morgan fingerprint density at radius 2 is 1.47 bits per heavy atom. The molecule has 0 fully saturated rings. The molecule has 2 aromatic rings. The third-order valence-electron chi connectivity index (χ3n) is 2.94.